The van der Waals surface area contributed by atoms with Gasteiger partial charge in [-0.25, -0.2) is 0 Å². The Balaban J connectivity index is 1.40. The molecular formula is C22H24F3N3O3. The number of aliphatic hydroxyl groups is 1. The molecule has 0 aromatic heterocycles. The fourth-order valence-electron chi connectivity index (χ4n) is 4.01. The molecule has 2 aromatic rings. The molecule has 1 fully saturated rings. The quantitative estimate of drug-likeness (QED) is 0.745. The van der Waals surface area contributed by atoms with Crippen LogP contribution in [0.15, 0.2) is 42.5 Å². The van der Waals surface area contributed by atoms with Gasteiger partial charge in [0.1, 0.15) is 5.75 Å². The van der Waals surface area contributed by atoms with Gasteiger partial charge in [0.25, 0.3) is 5.91 Å². The second-order valence-corrected chi connectivity index (χ2v) is 7.71. The number of piperidine rings is 1. The number of nitrogens with zero attached hydrogens (tertiary/aromatic N) is 2. The number of fused-ring (bicyclic) bond motifs is 1. The van der Waals surface area contributed by atoms with Crippen molar-refractivity contribution in [2.45, 2.75) is 19.0 Å². The molecule has 2 aliphatic rings. The van der Waals surface area contributed by atoms with Crippen LogP contribution in [0.5, 0.6) is 5.75 Å². The van der Waals surface area contributed by atoms with Crippen molar-refractivity contribution >= 4 is 28.7 Å². The minimum atomic E-state index is -4.11. The lowest BCUT2D eigenvalue weighted by Crippen LogP contribution is -2.40. The summed E-state index contributed by atoms with van der Waals surface area (Å²) in [6.07, 6.45) is -3.87. The molecule has 0 atom stereocenters. The van der Waals surface area contributed by atoms with Crippen molar-refractivity contribution in [2.75, 3.05) is 48.0 Å². The van der Waals surface area contributed by atoms with Gasteiger partial charge in [0.2, 0.25) is 0 Å². The minimum absolute atomic E-state index is 0.0732. The third kappa shape index (κ3) is 4.71. The fourth-order valence-corrected chi connectivity index (χ4v) is 4.01. The second kappa shape index (κ2) is 8.66. The van der Waals surface area contributed by atoms with E-state index in [0.717, 1.165) is 17.1 Å². The first kappa shape index (κ1) is 21.3. The molecule has 31 heavy (non-hydrogen) atoms. The summed E-state index contributed by atoms with van der Waals surface area (Å²) in [7, 11) is 0. The molecule has 166 valence electrons. The third-order valence-corrected chi connectivity index (χ3v) is 5.71. The molecule has 6 nitrogen and oxygen atoms in total. The van der Waals surface area contributed by atoms with Gasteiger partial charge in [-0.2, -0.15) is 13.2 Å². The first-order valence-electron chi connectivity index (χ1n) is 10.2. The summed E-state index contributed by atoms with van der Waals surface area (Å²) in [6, 6.07) is 12.9. The minimum Gasteiger partial charge on any atom is -0.481 e. The predicted molar refractivity (Wildman–Crippen MR) is 112 cm³/mol. The molecule has 0 saturated carbocycles. The highest BCUT2D eigenvalue weighted by Gasteiger charge is 2.41. The molecule has 2 N–H and O–H groups in total. The van der Waals surface area contributed by atoms with E-state index >= 15 is 0 Å². The van der Waals surface area contributed by atoms with Gasteiger partial charge in [-0.05, 0) is 49.2 Å². The number of anilines is 4. The highest BCUT2D eigenvalue weighted by Crippen LogP contribution is 2.37. The van der Waals surface area contributed by atoms with Gasteiger partial charge >= 0.3 is 6.18 Å². The van der Waals surface area contributed by atoms with E-state index in [1.807, 2.05) is 35.2 Å². The van der Waals surface area contributed by atoms with Crippen molar-refractivity contribution in [2.24, 2.45) is 5.92 Å². The maximum absolute atomic E-state index is 12.8. The number of hydrogen-bond acceptors (Lipinski definition) is 5. The van der Waals surface area contributed by atoms with Gasteiger partial charge in [0.15, 0.2) is 6.61 Å². The Morgan fingerprint density at radius 3 is 2.39 bits per heavy atom. The van der Waals surface area contributed by atoms with Crippen molar-refractivity contribution in [1.82, 2.24) is 0 Å². The van der Waals surface area contributed by atoms with Crippen LogP contribution in [0, 0.1) is 5.92 Å². The standard InChI is InChI=1S/C22H24F3N3O3/c23-22(24,25)15-7-9-27(10-8-15)18-4-1-16(2-5-18)26-17-3-6-19-20(13-17)31-14-21(30)28(19)11-12-29/h1-6,13,15,26,29H,7-12,14H2. The van der Waals surface area contributed by atoms with Gasteiger partial charge in [-0.15, -0.1) is 0 Å². The molecular weight excluding hydrogens is 411 g/mol. The number of hydrogen-bond donors (Lipinski definition) is 2. The van der Waals surface area contributed by atoms with Gasteiger partial charge in [0.05, 0.1) is 18.2 Å². The van der Waals surface area contributed by atoms with E-state index in [2.05, 4.69) is 5.32 Å². The number of rotatable bonds is 5. The number of aliphatic hydroxyl groups excluding tert-OH is 1. The van der Waals surface area contributed by atoms with Crippen molar-refractivity contribution in [3.8, 4) is 5.75 Å². The lowest BCUT2D eigenvalue weighted by atomic mass is 9.96. The van der Waals surface area contributed by atoms with Crippen molar-refractivity contribution in [1.29, 1.82) is 0 Å². The Morgan fingerprint density at radius 2 is 1.74 bits per heavy atom. The number of ether oxygens (including phenoxy) is 1. The summed E-state index contributed by atoms with van der Waals surface area (Å²) in [4.78, 5) is 15.4. The summed E-state index contributed by atoms with van der Waals surface area (Å²) >= 11 is 0. The SMILES string of the molecule is O=C1COc2cc(Nc3ccc(N4CCC(C(F)(F)F)CC4)cc3)ccc2N1CCO. The van der Waals surface area contributed by atoms with Crippen LogP contribution in [0.2, 0.25) is 0 Å². The predicted octanol–water partition coefficient (Wildman–Crippen LogP) is 3.93. The largest absolute Gasteiger partial charge is 0.481 e. The number of amides is 1. The molecule has 2 heterocycles. The van der Waals surface area contributed by atoms with Gasteiger partial charge < -0.3 is 25.0 Å². The highest BCUT2D eigenvalue weighted by atomic mass is 19.4. The first-order chi connectivity index (χ1) is 14.8. The van der Waals surface area contributed by atoms with Crippen molar-refractivity contribution < 1.29 is 27.8 Å². The zero-order valence-electron chi connectivity index (χ0n) is 16.9. The van der Waals surface area contributed by atoms with Gasteiger partial charge in [0, 0.05) is 42.8 Å². The van der Waals surface area contributed by atoms with Gasteiger partial charge in [-0.3, -0.25) is 4.79 Å². The van der Waals surface area contributed by atoms with E-state index in [4.69, 9.17) is 4.74 Å². The summed E-state index contributed by atoms with van der Waals surface area (Å²) in [5.41, 5.74) is 3.12. The number of halogens is 3. The lowest BCUT2D eigenvalue weighted by Gasteiger charge is -2.34. The molecule has 2 aliphatic heterocycles. The smallest absolute Gasteiger partial charge is 0.391 e. The lowest BCUT2D eigenvalue weighted by molar-refractivity contribution is -0.179. The maximum atomic E-state index is 12.8. The molecule has 4 rings (SSSR count). The molecule has 0 spiro atoms. The third-order valence-electron chi connectivity index (χ3n) is 5.71. The summed E-state index contributed by atoms with van der Waals surface area (Å²) < 4.78 is 44.1. The Bertz CT molecular complexity index is 926. The highest BCUT2D eigenvalue weighted by molar-refractivity contribution is 5.98. The van der Waals surface area contributed by atoms with E-state index in [1.54, 1.807) is 12.1 Å². The molecule has 2 aromatic carbocycles. The Hall–Kier alpha value is -2.94. The Morgan fingerprint density at radius 1 is 1.06 bits per heavy atom. The molecule has 0 unspecified atom stereocenters. The summed E-state index contributed by atoms with van der Waals surface area (Å²) in [6.45, 7) is 0.787. The fraction of sp³-hybridized carbons (Fsp3) is 0.409. The average molecular weight is 435 g/mol. The Labute approximate surface area is 178 Å². The van der Waals surface area contributed by atoms with Crippen LogP contribution in [-0.4, -0.2) is 50.0 Å². The number of carbonyl (C=O) groups excluding carboxylic acids is 1. The van der Waals surface area contributed by atoms with Crippen molar-refractivity contribution in [3.63, 3.8) is 0 Å². The number of carbonyl (C=O) groups is 1. The number of alkyl halides is 3. The van der Waals surface area contributed by atoms with Gasteiger partial charge in [-0.1, -0.05) is 0 Å². The topological polar surface area (TPSA) is 65.0 Å². The second-order valence-electron chi connectivity index (χ2n) is 7.71. The van der Waals surface area contributed by atoms with Crippen LogP contribution in [-0.2, 0) is 4.79 Å². The van der Waals surface area contributed by atoms with E-state index in [1.165, 1.54) is 4.90 Å². The van der Waals surface area contributed by atoms with E-state index in [9.17, 15) is 23.1 Å². The van der Waals surface area contributed by atoms with Crippen LogP contribution >= 0.6 is 0 Å². The van der Waals surface area contributed by atoms with E-state index < -0.39 is 12.1 Å². The van der Waals surface area contributed by atoms with Crippen LogP contribution in [0.4, 0.5) is 35.9 Å². The summed E-state index contributed by atoms with van der Waals surface area (Å²) in [5, 5.41) is 12.4. The zero-order valence-corrected chi connectivity index (χ0v) is 16.9. The molecule has 0 aliphatic carbocycles. The van der Waals surface area contributed by atoms with Crippen molar-refractivity contribution in [3.05, 3.63) is 42.5 Å². The van der Waals surface area contributed by atoms with Crippen LogP contribution in [0.3, 0.4) is 0 Å². The molecule has 1 amide bonds. The molecule has 0 bridgehead atoms. The van der Waals surface area contributed by atoms with Crippen LogP contribution in [0.25, 0.3) is 0 Å². The summed E-state index contributed by atoms with van der Waals surface area (Å²) in [5.74, 6) is -0.848. The number of nitrogens with one attached hydrogen (secondary N) is 1. The Kier molecular flexibility index (Phi) is 5.95. The molecule has 1 saturated heterocycles. The van der Waals surface area contributed by atoms with Crippen LogP contribution < -0.4 is 19.9 Å². The van der Waals surface area contributed by atoms with Crippen LogP contribution in [0.1, 0.15) is 12.8 Å². The number of β-amino-alcohol motifs (C(OH)–C–C–N with tert-alkyl or cyclic N) is 1. The molecule has 9 heteroatoms. The maximum Gasteiger partial charge on any atom is 0.391 e. The molecule has 0 radical (unpaired) electrons. The average Bonchev–Trinajstić information content (AvgIpc) is 2.76. The normalized spacial score (nSPS) is 17.4. The van der Waals surface area contributed by atoms with E-state index in [-0.39, 0.29) is 38.5 Å². The monoisotopic (exact) mass is 435 g/mol. The number of benzene rings is 2. The van der Waals surface area contributed by atoms with E-state index in [0.29, 0.717) is 24.5 Å². The first-order valence-corrected chi connectivity index (χ1v) is 10.2. The zero-order chi connectivity index (χ0) is 22.0.